The predicted molar refractivity (Wildman–Crippen MR) is 103 cm³/mol. The Balaban J connectivity index is 1.50. The number of amides is 2. The van der Waals surface area contributed by atoms with E-state index in [4.69, 9.17) is 4.74 Å². The van der Waals surface area contributed by atoms with Gasteiger partial charge in [-0.1, -0.05) is 30.3 Å². The van der Waals surface area contributed by atoms with Crippen molar-refractivity contribution in [2.75, 3.05) is 13.2 Å². The number of nitrogens with zero attached hydrogens (tertiary/aromatic N) is 2. The van der Waals surface area contributed by atoms with E-state index >= 15 is 0 Å². The van der Waals surface area contributed by atoms with Gasteiger partial charge in [-0.3, -0.25) is 9.59 Å². The molecule has 0 bridgehead atoms. The van der Waals surface area contributed by atoms with Crippen LogP contribution in [0.3, 0.4) is 0 Å². The Bertz CT molecular complexity index is 803. The predicted octanol–water partition coefficient (Wildman–Crippen LogP) is 2.58. The van der Waals surface area contributed by atoms with E-state index in [1.54, 1.807) is 11.1 Å². The van der Waals surface area contributed by atoms with E-state index in [0.717, 1.165) is 16.9 Å². The molecule has 3 rings (SSSR count). The third kappa shape index (κ3) is 5.17. The molecule has 27 heavy (non-hydrogen) atoms. The van der Waals surface area contributed by atoms with Crippen molar-refractivity contribution in [2.45, 2.75) is 19.9 Å². The van der Waals surface area contributed by atoms with Crippen LogP contribution in [0.15, 0.2) is 59.7 Å². The smallest absolute Gasteiger partial charge is 0.245 e. The molecule has 0 aliphatic carbocycles. The van der Waals surface area contributed by atoms with Gasteiger partial charge in [0, 0.05) is 19.5 Å². The number of hydrogen-bond donors (Lipinski definition) is 1. The normalized spacial score (nSPS) is 16.7. The lowest BCUT2D eigenvalue weighted by atomic mass is 10.1. The molecule has 1 aliphatic rings. The van der Waals surface area contributed by atoms with Gasteiger partial charge in [0.05, 0.1) is 18.7 Å². The molecule has 140 valence electrons. The van der Waals surface area contributed by atoms with Gasteiger partial charge in [-0.2, -0.15) is 5.10 Å². The summed E-state index contributed by atoms with van der Waals surface area (Å²) in [4.78, 5) is 26.2. The Labute approximate surface area is 158 Å². The molecule has 1 atom stereocenters. The molecule has 2 aromatic rings. The van der Waals surface area contributed by atoms with E-state index in [1.165, 1.54) is 0 Å². The van der Waals surface area contributed by atoms with E-state index in [-0.39, 0.29) is 24.2 Å². The molecule has 0 aromatic heterocycles. The Morgan fingerprint density at radius 1 is 1.22 bits per heavy atom. The minimum Gasteiger partial charge on any atom is -0.494 e. The average molecular weight is 365 g/mol. The molecule has 1 heterocycles. The first-order chi connectivity index (χ1) is 13.2. The number of rotatable bonds is 7. The van der Waals surface area contributed by atoms with Gasteiger partial charge in [0.1, 0.15) is 5.75 Å². The molecular weight excluding hydrogens is 342 g/mol. The molecule has 0 spiro atoms. The summed E-state index contributed by atoms with van der Waals surface area (Å²) in [7, 11) is 0. The zero-order valence-corrected chi connectivity index (χ0v) is 15.3. The maximum atomic E-state index is 12.3. The number of carbonyl (C=O) groups excluding carboxylic acids is 2. The second-order valence-corrected chi connectivity index (χ2v) is 6.40. The molecule has 1 fully saturated rings. The van der Waals surface area contributed by atoms with Gasteiger partial charge in [0.25, 0.3) is 0 Å². The second kappa shape index (κ2) is 8.98. The fraction of sp³-hybridized carbons (Fsp3) is 0.286. The van der Waals surface area contributed by atoms with E-state index in [0.29, 0.717) is 19.7 Å². The molecule has 1 saturated heterocycles. The Kier molecular flexibility index (Phi) is 6.20. The molecule has 0 saturated carbocycles. The van der Waals surface area contributed by atoms with Crippen molar-refractivity contribution in [1.82, 2.24) is 10.3 Å². The van der Waals surface area contributed by atoms with Gasteiger partial charge in [-0.15, -0.1) is 0 Å². The monoisotopic (exact) mass is 365 g/mol. The highest BCUT2D eigenvalue weighted by molar-refractivity contribution is 5.90. The summed E-state index contributed by atoms with van der Waals surface area (Å²) in [5, 5.41) is 4.00. The number of likely N-dealkylation sites (tertiary alicyclic amines) is 1. The summed E-state index contributed by atoms with van der Waals surface area (Å²) in [5.41, 5.74) is 4.45. The molecule has 2 aromatic carbocycles. The molecule has 1 unspecified atom stereocenters. The van der Waals surface area contributed by atoms with Crippen LogP contribution in [0.1, 0.15) is 24.5 Å². The van der Waals surface area contributed by atoms with Crippen LogP contribution in [0.25, 0.3) is 0 Å². The molecule has 0 radical (unpaired) electrons. The average Bonchev–Trinajstić information content (AvgIpc) is 3.05. The maximum absolute atomic E-state index is 12.3. The number of ether oxygens (including phenoxy) is 1. The number of hydrogen-bond acceptors (Lipinski definition) is 4. The summed E-state index contributed by atoms with van der Waals surface area (Å²) in [6.45, 7) is 3.49. The van der Waals surface area contributed by atoms with Crippen LogP contribution >= 0.6 is 0 Å². The molecule has 1 N–H and O–H groups in total. The Morgan fingerprint density at radius 3 is 2.67 bits per heavy atom. The summed E-state index contributed by atoms with van der Waals surface area (Å²) < 4.78 is 5.38. The zero-order chi connectivity index (χ0) is 19.1. The summed E-state index contributed by atoms with van der Waals surface area (Å²) in [6.07, 6.45) is 1.80. The van der Waals surface area contributed by atoms with Gasteiger partial charge in [0.2, 0.25) is 11.8 Å². The summed E-state index contributed by atoms with van der Waals surface area (Å²) in [5.74, 6) is 0.177. The highest BCUT2D eigenvalue weighted by Gasteiger charge is 2.34. The minimum atomic E-state index is -0.376. The summed E-state index contributed by atoms with van der Waals surface area (Å²) in [6, 6.07) is 17.2. The fourth-order valence-electron chi connectivity index (χ4n) is 2.98. The maximum Gasteiger partial charge on any atom is 0.245 e. The fourth-order valence-corrected chi connectivity index (χ4v) is 2.98. The van der Waals surface area contributed by atoms with Crippen molar-refractivity contribution in [2.24, 2.45) is 11.0 Å². The van der Waals surface area contributed by atoms with Crippen LogP contribution < -0.4 is 10.2 Å². The van der Waals surface area contributed by atoms with Crippen LogP contribution in [-0.2, 0) is 16.1 Å². The lowest BCUT2D eigenvalue weighted by Gasteiger charge is -2.16. The van der Waals surface area contributed by atoms with Crippen molar-refractivity contribution in [1.29, 1.82) is 0 Å². The number of carbonyl (C=O) groups is 2. The third-order valence-electron chi connectivity index (χ3n) is 4.38. The quantitative estimate of drug-likeness (QED) is 0.606. The van der Waals surface area contributed by atoms with Crippen LogP contribution in [0, 0.1) is 5.92 Å². The standard InChI is InChI=1S/C21H23N3O3/c1-2-27-19-10-8-16(9-11-19)13-22-23-21(26)18-12-20(25)24(15-18)14-17-6-4-3-5-7-17/h3-11,13,18H,2,12,14-15H2,1H3,(H,23,26)/b22-13+. The molecular formula is C21H23N3O3. The van der Waals surface area contributed by atoms with Gasteiger partial charge in [-0.25, -0.2) is 5.43 Å². The molecule has 1 aliphatic heterocycles. The first kappa shape index (κ1) is 18.6. The van der Waals surface area contributed by atoms with Gasteiger partial charge in [-0.05, 0) is 42.3 Å². The van der Waals surface area contributed by atoms with Crippen LogP contribution in [0.4, 0.5) is 0 Å². The zero-order valence-electron chi connectivity index (χ0n) is 15.3. The minimum absolute atomic E-state index is 0.00510. The van der Waals surface area contributed by atoms with E-state index in [1.807, 2.05) is 61.5 Å². The molecule has 2 amide bonds. The SMILES string of the molecule is CCOc1ccc(/C=N/NC(=O)C2CC(=O)N(Cc3ccccc3)C2)cc1. The van der Waals surface area contributed by atoms with Gasteiger partial charge < -0.3 is 9.64 Å². The third-order valence-corrected chi connectivity index (χ3v) is 4.38. The lowest BCUT2D eigenvalue weighted by molar-refractivity contribution is -0.129. The summed E-state index contributed by atoms with van der Waals surface area (Å²) >= 11 is 0. The van der Waals surface area contributed by atoms with Crippen molar-refractivity contribution < 1.29 is 14.3 Å². The highest BCUT2D eigenvalue weighted by atomic mass is 16.5. The van der Waals surface area contributed by atoms with Crippen molar-refractivity contribution >= 4 is 18.0 Å². The number of hydrazone groups is 1. The van der Waals surface area contributed by atoms with Crippen LogP contribution in [0.5, 0.6) is 5.75 Å². The number of benzene rings is 2. The van der Waals surface area contributed by atoms with E-state index < -0.39 is 0 Å². The topological polar surface area (TPSA) is 71.0 Å². The van der Waals surface area contributed by atoms with Crippen molar-refractivity contribution in [3.05, 3.63) is 65.7 Å². The van der Waals surface area contributed by atoms with Crippen LogP contribution in [0.2, 0.25) is 0 Å². The Morgan fingerprint density at radius 2 is 1.96 bits per heavy atom. The first-order valence-corrected chi connectivity index (χ1v) is 9.03. The van der Waals surface area contributed by atoms with E-state index in [2.05, 4.69) is 10.5 Å². The first-order valence-electron chi connectivity index (χ1n) is 9.03. The second-order valence-electron chi connectivity index (χ2n) is 6.40. The Hall–Kier alpha value is -3.15. The lowest BCUT2D eigenvalue weighted by Crippen LogP contribution is -2.30. The van der Waals surface area contributed by atoms with Gasteiger partial charge >= 0.3 is 0 Å². The molecule has 6 heteroatoms. The van der Waals surface area contributed by atoms with E-state index in [9.17, 15) is 9.59 Å². The van der Waals surface area contributed by atoms with Crippen LogP contribution in [-0.4, -0.2) is 36.1 Å². The number of nitrogens with one attached hydrogen (secondary N) is 1. The largest absolute Gasteiger partial charge is 0.494 e. The van der Waals surface area contributed by atoms with Gasteiger partial charge in [0.15, 0.2) is 0 Å². The highest BCUT2D eigenvalue weighted by Crippen LogP contribution is 2.20. The van der Waals surface area contributed by atoms with Crippen molar-refractivity contribution in [3.8, 4) is 5.75 Å². The van der Waals surface area contributed by atoms with Crippen molar-refractivity contribution in [3.63, 3.8) is 0 Å². The molecule has 6 nitrogen and oxygen atoms in total.